The minimum atomic E-state index is -1.77. The Kier molecular flexibility index (Phi) is 36.7. The number of hydrogen-bond acceptors (Lipinski definition) is 15. The van der Waals surface area contributed by atoms with Crippen molar-refractivity contribution in [2.75, 3.05) is 26.4 Å². The van der Waals surface area contributed by atoms with Crippen molar-refractivity contribution >= 4 is 11.9 Å². The standard InChI is InChI=1S/C53H94O15/c1-3-5-7-9-11-13-15-17-19-20-22-24-26-28-30-32-34-36-45(56)66-41(38-63-44(55)35-33-31-29-27-25-23-21-18-16-14-12-10-8-6-4-2)39-64-52-51(62)49(60)47(58)43(68-52)40-65-53-50(61)48(59)46(57)42(37-54)67-53/h10-13,17,19,41-43,46-54,57-62H,3-9,14-16,18,20-40H2,1-2H3/b12-10+,13-11+,19-17+/t41-,42+,43+,46-,47-,48?,49?,50?,51?,52+,53+/m1/s1. The topological polar surface area (TPSA) is 231 Å². The molecule has 0 aromatic rings. The van der Waals surface area contributed by atoms with Crippen molar-refractivity contribution in [2.24, 2.45) is 0 Å². The first-order valence-corrected chi connectivity index (χ1v) is 26.6. The fourth-order valence-corrected chi connectivity index (χ4v) is 8.17. The molecule has 2 fully saturated rings. The Hall–Kier alpha value is -2.28. The summed E-state index contributed by atoms with van der Waals surface area (Å²) in [6.45, 7) is 2.53. The first-order chi connectivity index (χ1) is 33.0. The van der Waals surface area contributed by atoms with Crippen molar-refractivity contribution in [1.82, 2.24) is 0 Å². The third kappa shape index (κ3) is 27.9. The summed E-state index contributed by atoms with van der Waals surface area (Å²) in [6.07, 6.45) is 25.9. The maximum absolute atomic E-state index is 13.0. The normalized spacial score (nSPS) is 26.0. The number of aliphatic hydroxyl groups is 7. The van der Waals surface area contributed by atoms with Gasteiger partial charge < -0.3 is 64.2 Å². The average molecular weight is 971 g/mol. The van der Waals surface area contributed by atoms with Gasteiger partial charge in [-0.15, -0.1) is 0 Å². The van der Waals surface area contributed by atoms with Gasteiger partial charge in [-0.1, -0.05) is 153 Å². The van der Waals surface area contributed by atoms with Crippen LogP contribution in [0.25, 0.3) is 0 Å². The third-order valence-corrected chi connectivity index (χ3v) is 12.6. The first-order valence-electron chi connectivity index (χ1n) is 26.6. The van der Waals surface area contributed by atoms with E-state index in [9.17, 15) is 45.3 Å². The van der Waals surface area contributed by atoms with E-state index in [0.717, 1.165) is 77.0 Å². The molecule has 4 unspecified atom stereocenters. The van der Waals surface area contributed by atoms with Crippen LogP contribution in [0.5, 0.6) is 0 Å². The van der Waals surface area contributed by atoms with Gasteiger partial charge in [-0.2, -0.15) is 0 Å². The molecule has 0 bridgehead atoms. The summed E-state index contributed by atoms with van der Waals surface area (Å²) in [5, 5.41) is 72.1. The van der Waals surface area contributed by atoms with Crippen molar-refractivity contribution in [3.05, 3.63) is 36.5 Å². The van der Waals surface area contributed by atoms with Gasteiger partial charge in [0, 0.05) is 12.8 Å². The molecule has 0 aromatic carbocycles. The number of carbonyl (C=O) groups excluding carboxylic acids is 2. The summed E-state index contributed by atoms with van der Waals surface area (Å²) >= 11 is 0. The van der Waals surface area contributed by atoms with E-state index in [4.69, 9.17) is 28.4 Å². The van der Waals surface area contributed by atoms with E-state index in [2.05, 4.69) is 50.3 Å². The highest BCUT2D eigenvalue weighted by Crippen LogP contribution is 2.26. The Morgan fingerprint density at radius 3 is 1.43 bits per heavy atom. The first kappa shape index (κ1) is 61.8. The fraction of sp³-hybridized carbons (Fsp3) is 0.849. The molecular formula is C53H94O15. The number of allylic oxidation sites excluding steroid dienone is 6. The zero-order chi connectivity index (χ0) is 49.6. The third-order valence-electron chi connectivity index (χ3n) is 12.6. The van der Waals surface area contributed by atoms with Gasteiger partial charge in [0.15, 0.2) is 18.7 Å². The summed E-state index contributed by atoms with van der Waals surface area (Å²) < 4.78 is 33.6. The highest BCUT2D eigenvalue weighted by Gasteiger charge is 2.47. The van der Waals surface area contributed by atoms with E-state index in [1.807, 2.05) is 0 Å². The van der Waals surface area contributed by atoms with Crippen LogP contribution in [0, 0.1) is 0 Å². The molecule has 0 radical (unpaired) electrons. The molecule has 2 aliphatic rings. The van der Waals surface area contributed by atoms with Gasteiger partial charge in [-0.3, -0.25) is 9.59 Å². The lowest BCUT2D eigenvalue weighted by Crippen LogP contribution is -2.61. The molecular weight excluding hydrogens is 877 g/mol. The van der Waals surface area contributed by atoms with Gasteiger partial charge in [0.2, 0.25) is 0 Å². The molecule has 15 nitrogen and oxygen atoms in total. The zero-order valence-electron chi connectivity index (χ0n) is 41.8. The van der Waals surface area contributed by atoms with Crippen LogP contribution in [-0.2, 0) is 38.0 Å². The van der Waals surface area contributed by atoms with Crippen molar-refractivity contribution in [3.63, 3.8) is 0 Å². The van der Waals surface area contributed by atoms with Crippen LogP contribution < -0.4 is 0 Å². The summed E-state index contributed by atoms with van der Waals surface area (Å²) in [5.74, 6) is -0.933. The van der Waals surface area contributed by atoms with Crippen molar-refractivity contribution in [2.45, 2.75) is 261 Å². The molecule has 0 aliphatic carbocycles. The molecule has 15 heteroatoms. The highest BCUT2D eigenvalue weighted by atomic mass is 16.7. The molecule has 0 amide bonds. The summed E-state index contributed by atoms with van der Waals surface area (Å²) in [4.78, 5) is 25.8. The van der Waals surface area contributed by atoms with Gasteiger partial charge >= 0.3 is 11.9 Å². The second-order valence-electron chi connectivity index (χ2n) is 18.7. The number of aliphatic hydroxyl groups excluding tert-OH is 7. The Balaban J connectivity index is 1.80. The lowest BCUT2D eigenvalue weighted by molar-refractivity contribution is -0.332. The van der Waals surface area contributed by atoms with Gasteiger partial charge in [-0.05, 0) is 64.2 Å². The molecule has 396 valence electrons. The number of carbonyl (C=O) groups is 2. The molecule has 0 aromatic heterocycles. The summed E-state index contributed by atoms with van der Waals surface area (Å²) in [7, 11) is 0. The quantitative estimate of drug-likeness (QED) is 0.0177. The van der Waals surface area contributed by atoms with Gasteiger partial charge in [0.25, 0.3) is 0 Å². The molecule has 68 heavy (non-hydrogen) atoms. The van der Waals surface area contributed by atoms with E-state index in [-0.39, 0.29) is 26.1 Å². The van der Waals surface area contributed by atoms with Crippen molar-refractivity contribution < 1.29 is 73.8 Å². The lowest BCUT2D eigenvalue weighted by Gasteiger charge is -2.42. The predicted octanol–water partition coefficient (Wildman–Crippen LogP) is 7.71. The van der Waals surface area contributed by atoms with Crippen LogP contribution in [0.2, 0.25) is 0 Å². The van der Waals surface area contributed by atoms with Crippen molar-refractivity contribution in [3.8, 4) is 0 Å². The van der Waals surface area contributed by atoms with Gasteiger partial charge in [-0.25, -0.2) is 0 Å². The Bertz CT molecular complexity index is 1330. The summed E-state index contributed by atoms with van der Waals surface area (Å²) in [5.41, 5.74) is 0. The number of unbranched alkanes of at least 4 members (excludes halogenated alkanes) is 21. The Labute approximate surface area is 408 Å². The van der Waals surface area contributed by atoms with E-state index >= 15 is 0 Å². The molecule has 2 rings (SSSR count). The number of rotatable bonds is 41. The van der Waals surface area contributed by atoms with E-state index in [0.29, 0.717) is 12.8 Å². The van der Waals surface area contributed by atoms with E-state index < -0.39 is 92.7 Å². The van der Waals surface area contributed by atoms with Crippen LogP contribution in [0.15, 0.2) is 36.5 Å². The smallest absolute Gasteiger partial charge is 0.306 e. The SMILES string of the molecule is CCCC/C=C/CCCCCCCCCCCC(=O)OC[C@H](CO[C@H]1O[C@@H](CO[C@H]2O[C@@H](CO)[C@@H](O)C(O)C2O)[C@@H](O)C(O)C1O)OC(=O)CCCCCCCCC/C=C/C/C=C/CCCCC. The second-order valence-corrected chi connectivity index (χ2v) is 18.7. The molecule has 11 atom stereocenters. The van der Waals surface area contributed by atoms with Crippen molar-refractivity contribution in [1.29, 1.82) is 0 Å². The number of ether oxygens (including phenoxy) is 6. The van der Waals surface area contributed by atoms with Gasteiger partial charge in [0.1, 0.15) is 55.4 Å². The van der Waals surface area contributed by atoms with Crippen LogP contribution in [-0.4, -0.2) is 142 Å². The second kappa shape index (κ2) is 40.3. The fourth-order valence-electron chi connectivity index (χ4n) is 8.17. The molecule has 2 heterocycles. The Morgan fingerprint density at radius 2 is 0.897 bits per heavy atom. The number of esters is 2. The molecule has 2 saturated heterocycles. The van der Waals surface area contributed by atoms with Crippen LogP contribution in [0.4, 0.5) is 0 Å². The maximum Gasteiger partial charge on any atom is 0.306 e. The monoisotopic (exact) mass is 971 g/mol. The molecule has 2 aliphatic heterocycles. The molecule has 0 saturated carbocycles. The molecule has 0 spiro atoms. The minimum absolute atomic E-state index is 0.156. The lowest BCUT2D eigenvalue weighted by atomic mass is 9.98. The minimum Gasteiger partial charge on any atom is -0.462 e. The van der Waals surface area contributed by atoms with E-state index in [1.165, 1.54) is 77.0 Å². The largest absolute Gasteiger partial charge is 0.462 e. The predicted molar refractivity (Wildman–Crippen MR) is 261 cm³/mol. The van der Waals surface area contributed by atoms with Crippen LogP contribution >= 0.6 is 0 Å². The Morgan fingerprint density at radius 1 is 0.471 bits per heavy atom. The average Bonchev–Trinajstić information content (AvgIpc) is 3.33. The highest BCUT2D eigenvalue weighted by molar-refractivity contribution is 5.70. The molecule has 7 N–H and O–H groups in total. The van der Waals surface area contributed by atoms with Gasteiger partial charge in [0.05, 0.1) is 19.8 Å². The zero-order valence-corrected chi connectivity index (χ0v) is 41.8. The summed E-state index contributed by atoms with van der Waals surface area (Å²) in [6, 6.07) is 0. The number of hydrogen-bond donors (Lipinski definition) is 7. The van der Waals surface area contributed by atoms with Crippen LogP contribution in [0.1, 0.15) is 194 Å². The van der Waals surface area contributed by atoms with Crippen LogP contribution in [0.3, 0.4) is 0 Å². The maximum atomic E-state index is 13.0. The van der Waals surface area contributed by atoms with E-state index in [1.54, 1.807) is 0 Å².